The van der Waals surface area contributed by atoms with Crippen LogP contribution in [0.3, 0.4) is 0 Å². The molecule has 0 unspecified atom stereocenters. The lowest BCUT2D eigenvalue weighted by molar-refractivity contribution is 0.316. The highest BCUT2D eigenvalue weighted by Gasteiger charge is 2.43. The zero-order chi connectivity index (χ0) is 12.6. The van der Waals surface area contributed by atoms with Crippen LogP contribution in [0.5, 0.6) is 0 Å². The molecule has 2 aliphatic rings. The average molecular weight is 265 g/mol. The van der Waals surface area contributed by atoms with Gasteiger partial charge >= 0.3 is 0 Å². The van der Waals surface area contributed by atoms with Crippen LogP contribution in [0.1, 0.15) is 38.3 Å². The summed E-state index contributed by atoms with van der Waals surface area (Å²) in [4.78, 5) is 4.42. The van der Waals surface area contributed by atoms with Gasteiger partial charge in [-0.05, 0) is 45.0 Å². The van der Waals surface area contributed by atoms with Crippen LogP contribution >= 0.6 is 11.8 Å². The zero-order valence-corrected chi connectivity index (χ0v) is 12.2. The summed E-state index contributed by atoms with van der Waals surface area (Å²) in [5.41, 5.74) is 1.76. The number of aromatic nitrogens is 2. The van der Waals surface area contributed by atoms with E-state index in [4.69, 9.17) is 0 Å². The van der Waals surface area contributed by atoms with Gasteiger partial charge in [0.2, 0.25) is 0 Å². The number of piperidine rings is 1. The number of thioether (sulfide) groups is 1. The maximum atomic E-state index is 4.42. The average Bonchev–Trinajstić information content (AvgIpc) is 2.99. The van der Waals surface area contributed by atoms with Crippen LogP contribution in [0, 0.1) is 0 Å². The minimum absolute atomic E-state index is 0.316. The fourth-order valence-electron chi connectivity index (χ4n) is 3.06. The second-order valence-corrected chi connectivity index (χ2v) is 7.38. The van der Waals surface area contributed by atoms with Gasteiger partial charge in [-0.2, -0.15) is 11.8 Å². The van der Waals surface area contributed by atoms with Crippen LogP contribution in [-0.2, 0) is 12.0 Å². The molecule has 1 aromatic heterocycles. The van der Waals surface area contributed by atoms with Gasteiger partial charge in [0.1, 0.15) is 0 Å². The van der Waals surface area contributed by atoms with Crippen LogP contribution in [0.4, 0.5) is 0 Å². The van der Waals surface area contributed by atoms with Gasteiger partial charge in [-0.15, -0.1) is 0 Å². The lowest BCUT2D eigenvalue weighted by Crippen LogP contribution is -2.39. The molecule has 100 valence electrons. The molecule has 0 spiro atoms. The summed E-state index contributed by atoms with van der Waals surface area (Å²) >= 11 is 2.03. The van der Waals surface area contributed by atoms with E-state index in [2.05, 4.69) is 34.2 Å². The predicted octanol–water partition coefficient (Wildman–Crippen LogP) is 2.42. The molecule has 2 fully saturated rings. The lowest BCUT2D eigenvalue weighted by Gasteiger charge is -2.35. The molecule has 1 aliphatic carbocycles. The first kappa shape index (κ1) is 12.5. The first-order chi connectivity index (χ1) is 8.68. The van der Waals surface area contributed by atoms with E-state index in [-0.39, 0.29) is 0 Å². The fourth-order valence-corrected chi connectivity index (χ4v) is 3.84. The van der Waals surface area contributed by atoms with Gasteiger partial charge in [0.15, 0.2) is 0 Å². The number of hydrogen-bond donors (Lipinski definition) is 1. The number of hydrogen-bond acceptors (Lipinski definition) is 3. The fraction of sp³-hybridized carbons (Fsp3) is 0.786. The minimum Gasteiger partial charge on any atom is -0.333 e. The smallest absolute Gasteiger partial charge is 0.0948 e. The normalized spacial score (nSPS) is 25.0. The molecule has 1 saturated heterocycles. The van der Waals surface area contributed by atoms with Crippen molar-refractivity contribution in [2.75, 3.05) is 19.3 Å². The Morgan fingerprint density at radius 1 is 1.33 bits per heavy atom. The Morgan fingerprint density at radius 3 is 2.67 bits per heavy atom. The molecular formula is C14H23N3S. The summed E-state index contributed by atoms with van der Waals surface area (Å²) in [6, 6.07) is 0. The molecule has 18 heavy (non-hydrogen) atoms. The first-order valence-electron chi connectivity index (χ1n) is 6.94. The van der Waals surface area contributed by atoms with Gasteiger partial charge in [0.05, 0.1) is 6.33 Å². The largest absolute Gasteiger partial charge is 0.333 e. The first-order valence-corrected chi connectivity index (χ1v) is 8.17. The molecule has 1 aliphatic heterocycles. The minimum atomic E-state index is 0.316. The Labute approximate surface area is 114 Å². The Kier molecular flexibility index (Phi) is 3.18. The van der Waals surface area contributed by atoms with Crippen LogP contribution < -0.4 is 5.32 Å². The van der Waals surface area contributed by atoms with Crippen molar-refractivity contribution >= 4 is 11.8 Å². The third kappa shape index (κ3) is 2.21. The Balaban J connectivity index is 1.82. The monoisotopic (exact) mass is 265 g/mol. The van der Waals surface area contributed by atoms with Gasteiger partial charge in [-0.3, -0.25) is 0 Å². The number of imidazole rings is 1. The molecule has 4 heteroatoms. The molecule has 0 amide bonds. The number of rotatable bonds is 4. The molecule has 2 heterocycles. The van der Waals surface area contributed by atoms with E-state index in [1.54, 1.807) is 0 Å². The summed E-state index contributed by atoms with van der Waals surface area (Å²) in [7, 11) is 0. The second-order valence-electron chi connectivity index (χ2n) is 6.10. The van der Waals surface area contributed by atoms with E-state index in [1.807, 2.05) is 18.1 Å². The molecule has 3 rings (SSSR count). The lowest BCUT2D eigenvalue weighted by atomic mass is 9.78. The Bertz CT molecular complexity index is 416. The number of nitrogens with zero attached hydrogens (tertiary/aromatic N) is 2. The van der Waals surface area contributed by atoms with Gasteiger partial charge in [0.25, 0.3) is 0 Å². The van der Waals surface area contributed by atoms with E-state index >= 15 is 0 Å². The van der Waals surface area contributed by atoms with Gasteiger partial charge < -0.3 is 9.88 Å². The molecule has 0 atom stereocenters. The van der Waals surface area contributed by atoms with Gasteiger partial charge in [-0.25, -0.2) is 4.98 Å². The molecule has 0 bridgehead atoms. The van der Waals surface area contributed by atoms with Crippen LogP contribution in [0.2, 0.25) is 0 Å². The maximum absolute atomic E-state index is 4.42. The van der Waals surface area contributed by atoms with Crippen molar-refractivity contribution in [3.63, 3.8) is 0 Å². The maximum Gasteiger partial charge on any atom is 0.0948 e. The Morgan fingerprint density at radius 2 is 2.06 bits per heavy atom. The van der Waals surface area contributed by atoms with E-state index in [0.717, 1.165) is 19.6 Å². The summed E-state index contributed by atoms with van der Waals surface area (Å²) in [6.45, 7) is 5.82. The molecule has 0 aromatic carbocycles. The van der Waals surface area contributed by atoms with Crippen LogP contribution in [0.15, 0.2) is 12.5 Å². The van der Waals surface area contributed by atoms with E-state index in [0.29, 0.717) is 10.2 Å². The summed E-state index contributed by atoms with van der Waals surface area (Å²) in [6.07, 6.45) is 11.6. The molecule has 3 nitrogen and oxygen atoms in total. The van der Waals surface area contributed by atoms with Gasteiger partial charge in [0, 0.05) is 28.6 Å². The van der Waals surface area contributed by atoms with Crippen molar-refractivity contribution < 1.29 is 0 Å². The van der Waals surface area contributed by atoms with Crippen LogP contribution in [-0.4, -0.2) is 33.6 Å². The highest BCUT2D eigenvalue weighted by atomic mass is 32.2. The summed E-state index contributed by atoms with van der Waals surface area (Å²) in [5, 5.41) is 3.46. The molecule has 1 saturated carbocycles. The SMILES string of the molecule is CSC1(Cn2cncc2C2(C)CCNCC2)CC1. The molecular weight excluding hydrogens is 242 g/mol. The van der Waals surface area contributed by atoms with E-state index in [9.17, 15) is 0 Å². The third-order valence-corrected chi connectivity index (χ3v) is 6.14. The van der Waals surface area contributed by atoms with Crippen molar-refractivity contribution in [3.8, 4) is 0 Å². The van der Waals surface area contributed by atoms with E-state index in [1.165, 1.54) is 31.4 Å². The highest BCUT2D eigenvalue weighted by molar-refractivity contribution is 8.00. The molecule has 0 radical (unpaired) electrons. The number of nitrogens with one attached hydrogen (secondary N) is 1. The van der Waals surface area contributed by atoms with Crippen molar-refractivity contribution in [1.29, 1.82) is 0 Å². The zero-order valence-electron chi connectivity index (χ0n) is 11.4. The highest BCUT2D eigenvalue weighted by Crippen LogP contribution is 2.49. The van der Waals surface area contributed by atoms with E-state index < -0.39 is 0 Å². The summed E-state index contributed by atoms with van der Waals surface area (Å²) in [5.74, 6) is 0. The quantitative estimate of drug-likeness (QED) is 0.907. The standard InChI is InChI=1S/C14H23N3S/c1-13(5-7-15-8-6-13)12-9-16-11-17(12)10-14(18-2)3-4-14/h9,11,15H,3-8,10H2,1-2H3. The second kappa shape index (κ2) is 4.57. The topological polar surface area (TPSA) is 29.9 Å². The molecule has 1 aromatic rings. The van der Waals surface area contributed by atoms with Crippen molar-refractivity contribution in [2.24, 2.45) is 0 Å². The Hall–Kier alpha value is -0.480. The van der Waals surface area contributed by atoms with Crippen molar-refractivity contribution in [3.05, 3.63) is 18.2 Å². The molecule has 1 N–H and O–H groups in total. The van der Waals surface area contributed by atoms with Crippen molar-refractivity contribution in [2.45, 2.75) is 49.3 Å². The predicted molar refractivity (Wildman–Crippen MR) is 77.2 cm³/mol. The summed E-state index contributed by atoms with van der Waals surface area (Å²) < 4.78 is 2.94. The van der Waals surface area contributed by atoms with Crippen molar-refractivity contribution in [1.82, 2.24) is 14.9 Å². The van der Waals surface area contributed by atoms with Crippen LogP contribution in [0.25, 0.3) is 0 Å². The third-order valence-electron chi connectivity index (χ3n) is 4.74. The van der Waals surface area contributed by atoms with Gasteiger partial charge in [-0.1, -0.05) is 6.92 Å².